The normalized spacial score (nSPS) is 18.6. The van der Waals surface area contributed by atoms with Crippen molar-refractivity contribution in [1.82, 2.24) is 5.32 Å². The molecule has 0 aromatic carbocycles. The van der Waals surface area contributed by atoms with Crippen molar-refractivity contribution in [1.29, 1.82) is 0 Å². The second-order valence-electron chi connectivity index (χ2n) is 3.79. The van der Waals surface area contributed by atoms with Crippen LogP contribution in [0.2, 0.25) is 0 Å². The maximum Gasteiger partial charge on any atom is 0.0619 e. The van der Waals surface area contributed by atoms with Gasteiger partial charge in [0.1, 0.15) is 0 Å². The minimum absolute atomic E-state index is 0.454. The molecular formula is C11H23NO2. The molecule has 1 aliphatic heterocycles. The summed E-state index contributed by atoms with van der Waals surface area (Å²) in [6.07, 6.45) is 4.93. The van der Waals surface area contributed by atoms with Crippen molar-refractivity contribution in [3.8, 4) is 0 Å². The third kappa shape index (κ3) is 5.58. The third-order valence-electron chi connectivity index (χ3n) is 2.45. The molecule has 0 saturated carbocycles. The first-order chi connectivity index (χ1) is 6.93. The molecule has 0 aromatic rings. The van der Waals surface area contributed by atoms with Crippen LogP contribution in [0.15, 0.2) is 0 Å². The van der Waals surface area contributed by atoms with E-state index in [4.69, 9.17) is 9.47 Å². The minimum Gasteiger partial charge on any atom is -0.381 e. The fraction of sp³-hybridized carbons (Fsp3) is 1.00. The fourth-order valence-electron chi connectivity index (χ4n) is 1.59. The van der Waals surface area contributed by atoms with E-state index in [1.54, 1.807) is 0 Å². The minimum atomic E-state index is 0.454. The standard InChI is InChI=1S/C11H23NO2/c1-2-6-12-7-3-8-14-11-4-9-13-10-5-11/h11-12H,2-10H2,1H3. The maximum absolute atomic E-state index is 5.74. The Balaban J connectivity index is 1.82. The summed E-state index contributed by atoms with van der Waals surface area (Å²) < 4.78 is 11.0. The Morgan fingerprint density at radius 3 is 2.79 bits per heavy atom. The molecule has 0 aromatic heterocycles. The van der Waals surface area contributed by atoms with E-state index in [-0.39, 0.29) is 0 Å². The van der Waals surface area contributed by atoms with Crippen LogP contribution in [0.5, 0.6) is 0 Å². The van der Waals surface area contributed by atoms with Crippen molar-refractivity contribution in [2.24, 2.45) is 0 Å². The Morgan fingerprint density at radius 2 is 2.07 bits per heavy atom. The van der Waals surface area contributed by atoms with Crippen LogP contribution in [0.25, 0.3) is 0 Å². The van der Waals surface area contributed by atoms with Gasteiger partial charge in [0.05, 0.1) is 6.10 Å². The van der Waals surface area contributed by atoms with Crippen LogP contribution in [0.4, 0.5) is 0 Å². The number of nitrogens with one attached hydrogen (secondary N) is 1. The first-order valence-electron chi connectivity index (χ1n) is 5.83. The summed E-state index contributed by atoms with van der Waals surface area (Å²) in [7, 11) is 0. The molecule has 0 spiro atoms. The summed E-state index contributed by atoms with van der Waals surface area (Å²) in [6.45, 7) is 7.03. The highest BCUT2D eigenvalue weighted by Crippen LogP contribution is 2.10. The lowest BCUT2D eigenvalue weighted by Crippen LogP contribution is -2.25. The van der Waals surface area contributed by atoms with Gasteiger partial charge in [0, 0.05) is 19.8 Å². The van der Waals surface area contributed by atoms with Gasteiger partial charge in [-0.2, -0.15) is 0 Å². The van der Waals surface area contributed by atoms with E-state index in [1.165, 1.54) is 6.42 Å². The first kappa shape index (κ1) is 12.0. The lowest BCUT2D eigenvalue weighted by Gasteiger charge is -2.22. The monoisotopic (exact) mass is 201 g/mol. The Kier molecular flexibility index (Phi) is 7.01. The van der Waals surface area contributed by atoms with Gasteiger partial charge in [0.25, 0.3) is 0 Å². The second-order valence-corrected chi connectivity index (χ2v) is 3.79. The molecule has 1 fully saturated rings. The van der Waals surface area contributed by atoms with E-state index in [9.17, 15) is 0 Å². The second kappa shape index (κ2) is 8.21. The molecule has 3 heteroatoms. The predicted molar refractivity (Wildman–Crippen MR) is 57.6 cm³/mol. The Hall–Kier alpha value is -0.120. The predicted octanol–water partition coefficient (Wildman–Crippen LogP) is 1.57. The molecule has 0 unspecified atom stereocenters. The van der Waals surface area contributed by atoms with E-state index in [0.29, 0.717) is 6.10 Å². The summed E-state index contributed by atoms with van der Waals surface area (Å²) in [5.41, 5.74) is 0. The van der Waals surface area contributed by atoms with Crippen LogP contribution in [-0.4, -0.2) is 39.0 Å². The van der Waals surface area contributed by atoms with Crippen molar-refractivity contribution in [2.75, 3.05) is 32.9 Å². The lowest BCUT2D eigenvalue weighted by molar-refractivity contribution is -0.0321. The molecule has 1 aliphatic rings. The van der Waals surface area contributed by atoms with Crippen LogP contribution < -0.4 is 5.32 Å². The molecule has 3 nitrogen and oxygen atoms in total. The van der Waals surface area contributed by atoms with Crippen molar-refractivity contribution < 1.29 is 9.47 Å². The van der Waals surface area contributed by atoms with Crippen molar-refractivity contribution in [3.63, 3.8) is 0 Å². The number of rotatable bonds is 7. The highest BCUT2D eigenvalue weighted by Gasteiger charge is 2.13. The smallest absolute Gasteiger partial charge is 0.0619 e. The quantitative estimate of drug-likeness (QED) is 0.634. The maximum atomic E-state index is 5.74. The van der Waals surface area contributed by atoms with Crippen LogP contribution in [0.3, 0.4) is 0 Å². The first-order valence-corrected chi connectivity index (χ1v) is 5.83. The highest BCUT2D eigenvalue weighted by atomic mass is 16.5. The SMILES string of the molecule is CCCNCCCOC1CCOCC1. The molecule has 0 radical (unpaired) electrons. The van der Waals surface area contributed by atoms with E-state index >= 15 is 0 Å². The zero-order chi connectivity index (χ0) is 10.1. The molecule has 1 rings (SSSR count). The van der Waals surface area contributed by atoms with Gasteiger partial charge < -0.3 is 14.8 Å². The lowest BCUT2D eigenvalue weighted by atomic mass is 10.1. The van der Waals surface area contributed by atoms with Crippen LogP contribution in [0.1, 0.15) is 32.6 Å². The Labute approximate surface area is 87.2 Å². The number of hydrogen-bond donors (Lipinski definition) is 1. The molecule has 0 atom stereocenters. The average Bonchev–Trinajstić information content (AvgIpc) is 2.25. The van der Waals surface area contributed by atoms with Gasteiger partial charge >= 0.3 is 0 Å². The van der Waals surface area contributed by atoms with Gasteiger partial charge in [0.2, 0.25) is 0 Å². The van der Waals surface area contributed by atoms with E-state index in [2.05, 4.69) is 12.2 Å². The molecule has 14 heavy (non-hydrogen) atoms. The topological polar surface area (TPSA) is 30.5 Å². The largest absolute Gasteiger partial charge is 0.381 e. The van der Waals surface area contributed by atoms with E-state index in [0.717, 1.165) is 52.2 Å². The van der Waals surface area contributed by atoms with Crippen molar-refractivity contribution in [3.05, 3.63) is 0 Å². The van der Waals surface area contributed by atoms with Crippen molar-refractivity contribution in [2.45, 2.75) is 38.7 Å². The molecular weight excluding hydrogens is 178 g/mol. The molecule has 0 aliphatic carbocycles. The fourth-order valence-corrected chi connectivity index (χ4v) is 1.59. The zero-order valence-corrected chi connectivity index (χ0v) is 9.26. The van der Waals surface area contributed by atoms with Crippen LogP contribution in [-0.2, 0) is 9.47 Å². The zero-order valence-electron chi connectivity index (χ0n) is 9.26. The average molecular weight is 201 g/mol. The van der Waals surface area contributed by atoms with Gasteiger partial charge in [-0.05, 0) is 38.8 Å². The van der Waals surface area contributed by atoms with Gasteiger partial charge in [-0.1, -0.05) is 6.92 Å². The van der Waals surface area contributed by atoms with Gasteiger partial charge in [-0.3, -0.25) is 0 Å². The van der Waals surface area contributed by atoms with Crippen LogP contribution >= 0.6 is 0 Å². The van der Waals surface area contributed by atoms with E-state index < -0.39 is 0 Å². The summed E-state index contributed by atoms with van der Waals surface area (Å²) in [5, 5.41) is 3.37. The number of hydrogen-bond acceptors (Lipinski definition) is 3. The molecule has 0 amide bonds. The summed E-state index contributed by atoms with van der Waals surface area (Å²) in [6, 6.07) is 0. The molecule has 84 valence electrons. The Bertz CT molecular complexity index is 124. The summed E-state index contributed by atoms with van der Waals surface area (Å²) in [4.78, 5) is 0. The van der Waals surface area contributed by atoms with Gasteiger partial charge in [-0.15, -0.1) is 0 Å². The molecule has 1 N–H and O–H groups in total. The van der Waals surface area contributed by atoms with Gasteiger partial charge in [-0.25, -0.2) is 0 Å². The summed E-state index contributed by atoms with van der Waals surface area (Å²) in [5.74, 6) is 0. The van der Waals surface area contributed by atoms with Gasteiger partial charge in [0.15, 0.2) is 0 Å². The Morgan fingerprint density at radius 1 is 1.29 bits per heavy atom. The van der Waals surface area contributed by atoms with Crippen molar-refractivity contribution >= 4 is 0 Å². The molecule has 0 bridgehead atoms. The highest BCUT2D eigenvalue weighted by molar-refractivity contribution is 4.62. The van der Waals surface area contributed by atoms with Crippen LogP contribution in [0, 0.1) is 0 Å². The molecule has 1 saturated heterocycles. The molecule has 1 heterocycles. The third-order valence-corrected chi connectivity index (χ3v) is 2.45. The number of ether oxygens (including phenoxy) is 2. The summed E-state index contributed by atoms with van der Waals surface area (Å²) >= 11 is 0. The van der Waals surface area contributed by atoms with E-state index in [1.807, 2.05) is 0 Å².